The van der Waals surface area contributed by atoms with Gasteiger partial charge in [-0.15, -0.1) is 5.10 Å². The first-order valence-electron chi connectivity index (χ1n) is 7.71. The largest absolute Gasteiger partial charge is 0.466 e. The number of ether oxygens (including phenoxy) is 1. The van der Waals surface area contributed by atoms with Gasteiger partial charge in [0.05, 0.1) is 0 Å². The Kier molecular flexibility index (Phi) is 4.96. The van der Waals surface area contributed by atoms with E-state index in [0.29, 0.717) is 12.4 Å². The average molecular weight is 341 g/mol. The van der Waals surface area contributed by atoms with Gasteiger partial charge >= 0.3 is 0 Å². The van der Waals surface area contributed by atoms with E-state index in [-0.39, 0.29) is 12.5 Å². The van der Waals surface area contributed by atoms with E-state index in [1.54, 1.807) is 0 Å². The maximum absolute atomic E-state index is 11.6. The third-order valence-electron chi connectivity index (χ3n) is 3.61. The van der Waals surface area contributed by atoms with E-state index < -0.39 is 0 Å². The molecule has 1 heterocycles. The number of carbonyl (C=O) groups is 1. The molecule has 0 aliphatic carbocycles. The van der Waals surface area contributed by atoms with Gasteiger partial charge in [-0.1, -0.05) is 48.0 Å². The second kappa shape index (κ2) is 7.32. The molecule has 0 saturated carbocycles. The summed E-state index contributed by atoms with van der Waals surface area (Å²) < 4.78 is 5.42. The van der Waals surface area contributed by atoms with Crippen LogP contribution >= 0.6 is 11.6 Å². The predicted octanol–water partition coefficient (Wildman–Crippen LogP) is 4.05. The van der Waals surface area contributed by atoms with Crippen LogP contribution in [-0.4, -0.2) is 30.0 Å². The van der Waals surface area contributed by atoms with Crippen LogP contribution in [-0.2, 0) is 9.53 Å². The predicted molar refractivity (Wildman–Crippen MR) is 96.7 cm³/mol. The molecule has 2 aromatic rings. The van der Waals surface area contributed by atoms with Crippen LogP contribution < -0.4 is 0 Å². The Morgan fingerprint density at radius 1 is 1.17 bits per heavy atom. The summed E-state index contributed by atoms with van der Waals surface area (Å²) >= 11 is 5.98. The highest BCUT2D eigenvalue weighted by Gasteiger charge is 2.20. The van der Waals surface area contributed by atoms with Gasteiger partial charge in [0.15, 0.2) is 6.61 Å². The Balaban J connectivity index is 1.75. The zero-order valence-corrected chi connectivity index (χ0v) is 14.0. The fourth-order valence-electron chi connectivity index (χ4n) is 2.33. The Morgan fingerprint density at radius 3 is 2.62 bits per heavy atom. The number of hydrogen-bond donors (Lipinski definition) is 0. The highest BCUT2D eigenvalue weighted by molar-refractivity contribution is 6.30. The summed E-state index contributed by atoms with van der Waals surface area (Å²) in [4.78, 5) is 11.6. The summed E-state index contributed by atoms with van der Waals surface area (Å²) in [5.74, 6) is 0.351. The quantitative estimate of drug-likeness (QED) is 0.788. The first-order chi connectivity index (χ1) is 11.7. The number of nitrogens with zero attached hydrogens (tertiary/aromatic N) is 2. The molecule has 2 aromatic carbocycles. The van der Waals surface area contributed by atoms with Crippen LogP contribution in [0.15, 0.2) is 53.6 Å². The number of hydrazone groups is 1. The molecular formula is C19H17ClN2O2. The van der Waals surface area contributed by atoms with E-state index in [0.717, 1.165) is 21.7 Å². The molecule has 0 spiro atoms. The molecule has 3 rings (SSSR count). The molecule has 0 N–H and O–H groups in total. The Hall–Kier alpha value is -2.59. The van der Waals surface area contributed by atoms with Crippen molar-refractivity contribution in [1.29, 1.82) is 0 Å². The summed E-state index contributed by atoms with van der Waals surface area (Å²) in [7, 11) is 0. The highest BCUT2D eigenvalue weighted by atomic mass is 35.5. The Labute approximate surface area is 146 Å². The molecule has 1 aliphatic heterocycles. The number of halogens is 1. The van der Waals surface area contributed by atoms with Crippen LogP contribution in [0.25, 0.3) is 12.2 Å². The number of rotatable bonds is 4. The fraction of sp³-hybridized carbons (Fsp3) is 0.158. The molecule has 0 saturated heterocycles. The molecular weight excluding hydrogens is 324 g/mol. The molecule has 1 aliphatic rings. The summed E-state index contributed by atoms with van der Waals surface area (Å²) in [5.41, 5.74) is 2.95. The van der Waals surface area contributed by atoms with E-state index in [4.69, 9.17) is 16.3 Å². The van der Waals surface area contributed by atoms with Gasteiger partial charge in [-0.3, -0.25) is 4.79 Å². The summed E-state index contributed by atoms with van der Waals surface area (Å²) in [6.45, 7) is 2.45. The third kappa shape index (κ3) is 3.84. The van der Waals surface area contributed by atoms with Gasteiger partial charge in [-0.2, -0.15) is 0 Å². The van der Waals surface area contributed by atoms with Crippen molar-refractivity contribution in [3.8, 4) is 0 Å². The smallest absolute Gasteiger partial charge is 0.280 e. The molecule has 1 amide bonds. The number of benzene rings is 2. The second-order valence-corrected chi connectivity index (χ2v) is 5.75. The maximum Gasteiger partial charge on any atom is 0.280 e. The zero-order chi connectivity index (χ0) is 16.9. The standard InChI is InChI=1S/C19H17ClN2O2/c1-2-22-18(23)13-24-19(21-22)16-10-8-14(9-11-16)6-7-15-4-3-5-17(20)12-15/h3-12H,2,13H2,1H3/b7-6+. The molecule has 0 bridgehead atoms. The summed E-state index contributed by atoms with van der Waals surface area (Å²) in [6.07, 6.45) is 4.02. The van der Waals surface area contributed by atoms with E-state index in [1.165, 1.54) is 5.01 Å². The number of hydrogen-bond acceptors (Lipinski definition) is 3. The lowest BCUT2D eigenvalue weighted by molar-refractivity contribution is -0.135. The highest BCUT2D eigenvalue weighted by Crippen LogP contribution is 2.15. The molecule has 122 valence electrons. The van der Waals surface area contributed by atoms with Crippen LogP contribution in [0.4, 0.5) is 0 Å². The molecule has 4 nitrogen and oxygen atoms in total. The number of carbonyl (C=O) groups excluding carboxylic acids is 1. The van der Waals surface area contributed by atoms with Crippen molar-refractivity contribution in [2.75, 3.05) is 13.2 Å². The van der Waals surface area contributed by atoms with E-state index in [2.05, 4.69) is 5.10 Å². The van der Waals surface area contributed by atoms with Crippen molar-refractivity contribution in [1.82, 2.24) is 5.01 Å². The first-order valence-corrected chi connectivity index (χ1v) is 8.09. The molecule has 0 fully saturated rings. The fourth-order valence-corrected chi connectivity index (χ4v) is 2.53. The second-order valence-electron chi connectivity index (χ2n) is 5.31. The molecule has 24 heavy (non-hydrogen) atoms. The SMILES string of the molecule is CCN1N=C(c2ccc(/C=C/c3cccc(Cl)c3)cc2)OCC1=O. The molecule has 5 heteroatoms. The topological polar surface area (TPSA) is 41.9 Å². The minimum absolute atomic E-state index is 0.0308. The van der Waals surface area contributed by atoms with Gasteiger partial charge in [-0.25, -0.2) is 5.01 Å². The normalized spacial score (nSPS) is 14.7. The minimum Gasteiger partial charge on any atom is -0.466 e. The van der Waals surface area contributed by atoms with Gasteiger partial charge in [0.1, 0.15) is 0 Å². The minimum atomic E-state index is -0.123. The Bertz CT molecular complexity index is 797. The van der Waals surface area contributed by atoms with Crippen molar-refractivity contribution >= 4 is 35.6 Å². The third-order valence-corrected chi connectivity index (χ3v) is 3.84. The van der Waals surface area contributed by atoms with Crippen LogP contribution in [0.3, 0.4) is 0 Å². The lowest BCUT2D eigenvalue weighted by Crippen LogP contribution is -2.36. The van der Waals surface area contributed by atoms with E-state index >= 15 is 0 Å². The lowest BCUT2D eigenvalue weighted by Gasteiger charge is -2.22. The van der Waals surface area contributed by atoms with Gasteiger partial charge in [-0.05, 0) is 42.3 Å². The van der Waals surface area contributed by atoms with Crippen LogP contribution in [0.1, 0.15) is 23.6 Å². The number of likely N-dealkylation sites (N-methyl/N-ethyl adjacent to an activating group) is 1. The van der Waals surface area contributed by atoms with Gasteiger partial charge in [0.25, 0.3) is 5.91 Å². The zero-order valence-electron chi connectivity index (χ0n) is 13.3. The van der Waals surface area contributed by atoms with Gasteiger partial charge in [0.2, 0.25) is 5.90 Å². The monoisotopic (exact) mass is 340 g/mol. The van der Waals surface area contributed by atoms with Crippen molar-refractivity contribution in [2.24, 2.45) is 5.10 Å². The molecule has 0 radical (unpaired) electrons. The summed E-state index contributed by atoms with van der Waals surface area (Å²) in [5, 5.41) is 6.37. The van der Waals surface area contributed by atoms with Crippen LogP contribution in [0, 0.1) is 0 Å². The van der Waals surface area contributed by atoms with E-state index in [1.807, 2.05) is 67.6 Å². The first kappa shape index (κ1) is 16.3. The maximum atomic E-state index is 11.6. The lowest BCUT2D eigenvalue weighted by atomic mass is 10.1. The average Bonchev–Trinajstić information content (AvgIpc) is 2.61. The summed E-state index contributed by atoms with van der Waals surface area (Å²) in [6, 6.07) is 15.5. The van der Waals surface area contributed by atoms with Crippen LogP contribution in [0.5, 0.6) is 0 Å². The molecule has 0 aromatic heterocycles. The molecule has 0 unspecified atom stereocenters. The van der Waals surface area contributed by atoms with Gasteiger partial charge in [0, 0.05) is 17.1 Å². The van der Waals surface area contributed by atoms with Crippen molar-refractivity contribution < 1.29 is 9.53 Å². The Morgan fingerprint density at radius 2 is 1.92 bits per heavy atom. The van der Waals surface area contributed by atoms with Crippen molar-refractivity contribution in [3.05, 3.63) is 70.2 Å². The van der Waals surface area contributed by atoms with Crippen molar-refractivity contribution in [3.63, 3.8) is 0 Å². The van der Waals surface area contributed by atoms with E-state index in [9.17, 15) is 4.79 Å². The number of amides is 1. The van der Waals surface area contributed by atoms with Crippen molar-refractivity contribution in [2.45, 2.75) is 6.92 Å². The van der Waals surface area contributed by atoms with Gasteiger partial charge < -0.3 is 4.74 Å². The molecule has 0 atom stereocenters. The van der Waals surface area contributed by atoms with Crippen LogP contribution in [0.2, 0.25) is 5.02 Å².